The number of hydrogen-bond donors (Lipinski definition) is 2. The van der Waals surface area contributed by atoms with Crippen LogP contribution in [0.15, 0.2) is 60.8 Å². The Kier molecular flexibility index (Phi) is 5.30. The van der Waals surface area contributed by atoms with Crippen molar-refractivity contribution in [3.63, 3.8) is 0 Å². The number of rotatable bonds is 5. The van der Waals surface area contributed by atoms with E-state index in [2.05, 4.69) is 15.7 Å². The van der Waals surface area contributed by atoms with Crippen molar-refractivity contribution in [1.82, 2.24) is 9.78 Å². The largest absolute Gasteiger partial charge is 0.462 e. The van der Waals surface area contributed by atoms with Gasteiger partial charge in [0.15, 0.2) is 0 Å². The molecule has 1 aromatic heterocycles. The number of nitrogens with one attached hydrogen (secondary N) is 2. The van der Waals surface area contributed by atoms with Crippen LogP contribution in [0.5, 0.6) is 0 Å². The number of esters is 1. The highest BCUT2D eigenvalue weighted by Crippen LogP contribution is 2.34. The Morgan fingerprint density at radius 3 is 2.60 bits per heavy atom. The molecule has 2 N–H and O–H groups in total. The van der Waals surface area contributed by atoms with E-state index < -0.39 is 12.0 Å². The Hall–Kier alpha value is -3.94. The van der Waals surface area contributed by atoms with Crippen LogP contribution in [0, 0.1) is 0 Å². The molecule has 0 bridgehead atoms. The van der Waals surface area contributed by atoms with E-state index in [9.17, 15) is 14.4 Å². The van der Waals surface area contributed by atoms with E-state index in [1.165, 1.54) is 4.68 Å². The van der Waals surface area contributed by atoms with Crippen LogP contribution < -0.4 is 10.6 Å². The predicted molar refractivity (Wildman–Crippen MR) is 111 cm³/mol. The van der Waals surface area contributed by atoms with E-state index in [1.807, 2.05) is 30.3 Å². The topological polar surface area (TPSA) is 102 Å². The van der Waals surface area contributed by atoms with Crippen LogP contribution in [0.2, 0.25) is 0 Å². The first kappa shape index (κ1) is 19.4. The Morgan fingerprint density at radius 2 is 1.90 bits per heavy atom. The minimum Gasteiger partial charge on any atom is -0.462 e. The van der Waals surface area contributed by atoms with E-state index in [1.54, 1.807) is 37.4 Å². The number of ether oxygens (including phenoxy) is 1. The standard InChI is InChI=1S/C22H20N4O4/c1-2-30-22(29)15-8-10-16(11-9-15)24-21(28)18-12-19(27)25-20-17(13-23-26(18)20)14-6-4-3-5-7-14/h3-11,13,18H,2,12H2,1H3,(H,24,28)(H,25,27). The highest BCUT2D eigenvalue weighted by molar-refractivity contribution is 6.03. The second-order valence-electron chi connectivity index (χ2n) is 6.77. The molecule has 152 valence electrons. The Labute approximate surface area is 172 Å². The van der Waals surface area contributed by atoms with Crippen LogP contribution in [0.25, 0.3) is 11.1 Å². The molecule has 0 saturated heterocycles. The van der Waals surface area contributed by atoms with Crippen molar-refractivity contribution in [1.29, 1.82) is 0 Å². The molecule has 0 fully saturated rings. The highest BCUT2D eigenvalue weighted by atomic mass is 16.5. The van der Waals surface area contributed by atoms with E-state index in [-0.39, 0.29) is 24.8 Å². The summed E-state index contributed by atoms with van der Waals surface area (Å²) in [7, 11) is 0. The molecular formula is C22H20N4O4. The first-order valence-electron chi connectivity index (χ1n) is 9.57. The zero-order valence-corrected chi connectivity index (χ0v) is 16.3. The molecule has 3 aromatic rings. The van der Waals surface area contributed by atoms with Gasteiger partial charge in [-0.15, -0.1) is 0 Å². The zero-order chi connectivity index (χ0) is 21.1. The molecule has 2 amide bonds. The summed E-state index contributed by atoms with van der Waals surface area (Å²) in [5.74, 6) is -0.542. The Morgan fingerprint density at radius 1 is 1.17 bits per heavy atom. The van der Waals surface area contributed by atoms with Gasteiger partial charge in [-0.05, 0) is 36.8 Å². The number of benzene rings is 2. The van der Waals surface area contributed by atoms with Crippen molar-refractivity contribution >= 4 is 29.3 Å². The third-order valence-electron chi connectivity index (χ3n) is 4.78. The number of hydrogen-bond acceptors (Lipinski definition) is 5. The maximum absolute atomic E-state index is 12.9. The molecule has 1 atom stereocenters. The van der Waals surface area contributed by atoms with E-state index >= 15 is 0 Å². The van der Waals surface area contributed by atoms with Crippen molar-refractivity contribution < 1.29 is 19.1 Å². The predicted octanol–water partition coefficient (Wildman–Crippen LogP) is 3.25. The molecular weight excluding hydrogens is 384 g/mol. The number of amides is 2. The van der Waals surface area contributed by atoms with Gasteiger partial charge >= 0.3 is 5.97 Å². The minimum atomic E-state index is -0.782. The maximum atomic E-state index is 12.9. The van der Waals surface area contributed by atoms with Crippen LogP contribution in [0.3, 0.4) is 0 Å². The lowest BCUT2D eigenvalue weighted by Crippen LogP contribution is -2.35. The molecule has 2 heterocycles. The molecule has 0 aliphatic carbocycles. The van der Waals surface area contributed by atoms with Crippen molar-refractivity contribution in [3.05, 3.63) is 66.4 Å². The minimum absolute atomic E-state index is 0.0182. The quantitative estimate of drug-likeness (QED) is 0.636. The van der Waals surface area contributed by atoms with Crippen LogP contribution in [-0.4, -0.2) is 34.2 Å². The first-order chi connectivity index (χ1) is 14.6. The van der Waals surface area contributed by atoms with Gasteiger partial charge in [-0.25, -0.2) is 9.48 Å². The smallest absolute Gasteiger partial charge is 0.338 e. The summed E-state index contributed by atoms with van der Waals surface area (Å²) in [5.41, 5.74) is 2.56. The fraction of sp³-hybridized carbons (Fsp3) is 0.182. The van der Waals surface area contributed by atoms with Crippen LogP contribution in [0.4, 0.5) is 11.5 Å². The van der Waals surface area contributed by atoms with E-state index in [0.29, 0.717) is 17.1 Å². The summed E-state index contributed by atoms with van der Waals surface area (Å²) >= 11 is 0. The maximum Gasteiger partial charge on any atom is 0.338 e. The molecule has 0 radical (unpaired) electrons. The van der Waals surface area contributed by atoms with Gasteiger partial charge in [0, 0.05) is 11.3 Å². The van der Waals surface area contributed by atoms with E-state index in [0.717, 1.165) is 11.1 Å². The first-order valence-corrected chi connectivity index (χ1v) is 9.57. The number of aromatic nitrogens is 2. The Balaban J connectivity index is 1.55. The lowest BCUT2D eigenvalue weighted by Gasteiger charge is -2.24. The van der Waals surface area contributed by atoms with Crippen molar-refractivity contribution in [3.8, 4) is 11.1 Å². The van der Waals surface area contributed by atoms with Crippen molar-refractivity contribution in [2.75, 3.05) is 17.2 Å². The van der Waals surface area contributed by atoms with Crippen molar-refractivity contribution in [2.24, 2.45) is 0 Å². The molecule has 1 aliphatic rings. The molecule has 30 heavy (non-hydrogen) atoms. The van der Waals surface area contributed by atoms with Gasteiger partial charge in [0.25, 0.3) is 0 Å². The van der Waals surface area contributed by atoms with Gasteiger partial charge in [0.2, 0.25) is 11.8 Å². The number of carbonyl (C=O) groups is 3. The summed E-state index contributed by atoms with van der Waals surface area (Å²) in [6.07, 6.45) is 1.63. The lowest BCUT2D eigenvalue weighted by molar-refractivity contribution is -0.125. The average Bonchev–Trinajstić information content (AvgIpc) is 3.18. The SMILES string of the molecule is CCOC(=O)c1ccc(NC(=O)C2CC(=O)Nc3c(-c4ccccc4)cnn32)cc1. The molecule has 0 saturated carbocycles. The average molecular weight is 404 g/mol. The summed E-state index contributed by atoms with van der Waals surface area (Å²) in [5, 5.41) is 9.96. The van der Waals surface area contributed by atoms with Crippen LogP contribution in [0.1, 0.15) is 29.7 Å². The molecule has 8 nitrogen and oxygen atoms in total. The van der Waals surface area contributed by atoms with Gasteiger partial charge in [0.05, 0.1) is 24.8 Å². The molecule has 1 aliphatic heterocycles. The highest BCUT2D eigenvalue weighted by Gasteiger charge is 2.33. The van der Waals surface area contributed by atoms with Gasteiger partial charge < -0.3 is 15.4 Å². The summed E-state index contributed by atoms with van der Waals surface area (Å²) in [6.45, 7) is 2.03. The molecule has 2 aromatic carbocycles. The third-order valence-corrected chi connectivity index (χ3v) is 4.78. The Bertz CT molecular complexity index is 1090. The number of carbonyl (C=O) groups excluding carboxylic acids is 3. The van der Waals surface area contributed by atoms with E-state index in [4.69, 9.17) is 4.74 Å². The fourth-order valence-electron chi connectivity index (χ4n) is 3.33. The summed E-state index contributed by atoms with van der Waals surface area (Å²) in [4.78, 5) is 36.9. The van der Waals surface area contributed by atoms with Crippen LogP contribution >= 0.6 is 0 Å². The lowest BCUT2D eigenvalue weighted by atomic mass is 10.1. The second-order valence-corrected chi connectivity index (χ2v) is 6.77. The van der Waals surface area contributed by atoms with Gasteiger partial charge in [-0.3, -0.25) is 9.59 Å². The number of anilines is 2. The van der Waals surface area contributed by atoms with Crippen LogP contribution in [-0.2, 0) is 14.3 Å². The monoisotopic (exact) mass is 404 g/mol. The summed E-state index contributed by atoms with van der Waals surface area (Å²) in [6, 6.07) is 15.1. The van der Waals surface area contributed by atoms with Crippen molar-refractivity contribution in [2.45, 2.75) is 19.4 Å². The third kappa shape index (κ3) is 3.80. The summed E-state index contributed by atoms with van der Waals surface area (Å²) < 4.78 is 6.49. The molecule has 0 spiro atoms. The zero-order valence-electron chi connectivity index (χ0n) is 16.3. The van der Waals surface area contributed by atoms with Gasteiger partial charge in [-0.1, -0.05) is 30.3 Å². The second kappa shape index (κ2) is 8.20. The molecule has 4 rings (SSSR count). The fourth-order valence-corrected chi connectivity index (χ4v) is 3.33. The molecule has 1 unspecified atom stereocenters. The van der Waals surface area contributed by atoms with Gasteiger partial charge in [0.1, 0.15) is 11.9 Å². The number of nitrogens with zero attached hydrogens (tertiary/aromatic N) is 2. The normalized spacial score (nSPS) is 15.1. The number of fused-ring (bicyclic) bond motifs is 1. The van der Waals surface area contributed by atoms with Gasteiger partial charge in [-0.2, -0.15) is 5.10 Å². The molecule has 8 heteroatoms.